The van der Waals surface area contributed by atoms with Gasteiger partial charge in [0.15, 0.2) is 0 Å². The maximum atomic E-state index is 8.30. The van der Waals surface area contributed by atoms with Crippen molar-refractivity contribution in [2.45, 2.75) is 0 Å². The summed E-state index contributed by atoms with van der Waals surface area (Å²) in [5.74, 6) is 14.7. The third-order valence-electron chi connectivity index (χ3n) is 0.734. The zero-order chi connectivity index (χ0) is 9.07. The van der Waals surface area contributed by atoms with Crippen LogP contribution in [0.1, 0.15) is 0 Å². The fourth-order valence-corrected chi connectivity index (χ4v) is 0.336. The Morgan fingerprint density at radius 3 is 2.42 bits per heavy atom. The lowest BCUT2D eigenvalue weighted by atomic mass is 10.5. The Labute approximate surface area is 71.9 Å². The third-order valence-corrected chi connectivity index (χ3v) is 0.734. The summed E-state index contributed by atoms with van der Waals surface area (Å²) in [4.78, 5) is 0. The molecule has 0 aromatic heterocycles. The molecule has 0 spiro atoms. The van der Waals surface area contributed by atoms with Crippen LogP contribution in [0.3, 0.4) is 0 Å². The first kappa shape index (κ1) is 10.3. The molecule has 0 aliphatic rings. The highest BCUT2D eigenvalue weighted by Crippen LogP contribution is 1.65. The SMILES string of the molecule is OCC#CC#CC#C/C=C/CO. The quantitative estimate of drug-likeness (QED) is 0.509. The topological polar surface area (TPSA) is 40.5 Å². The molecule has 0 heterocycles. The van der Waals surface area contributed by atoms with E-state index in [1.54, 1.807) is 0 Å². The van der Waals surface area contributed by atoms with Crippen LogP contribution in [-0.4, -0.2) is 23.4 Å². The van der Waals surface area contributed by atoms with Crippen LogP contribution in [-0.2, 0) is 0 Å². The Balaban J connectivity index is 3.81. The summed E-state index contributed by atoms with van der Waals surface area (Å²) in [6.45, 7) is -0.209. The van der Waals surface area contributed by atoms with E-state index >= 15 is 0 Å². The van der Waals surface area contributed by atoms with Crippen LogP contribution in [0.15, 0.2) is 12.2 Å². The predicted octanol–water partition coefficient (Wildman–Crippen LogP) is -0.463. The predicted molar refractivity (Wildman–Crippen MR) is 46.6 cm³/mol. The number of allylic oxidation sites excluding steroid dienone is 1. The summed E-state index contributed by atoms with van der Waals surface area (Å²) >= 11 is 0. The Bertz CT molecular complexity index is 307. The molecule has 0 amide bonds. The molecule has 2 N–H and O–H groups in total. The number of hydrogen-bond donors (Lipinski definition) is 2. The fraction of sp³-hybridized carbons (Fsp3) is 0.200. The van der Waals surface area contributed by atoms with E-state index in [4.69, 9.17) is 10.2 Å². The van der Waals surface area contributed by atoms with Gasteiger partial charge in [0.25, 0.3) is 0 Å². The third kappa shape index (κ3) is 8.34. The van der Waals surface area contributed by atoms with E-state index in [-0.39, 0.29) is 13.2 Å². The molecule has 0 saturated heterocycles. The van der Waals surface area contributed by atoms with Crippen molar-refractivity contribution in [2.75, 3.05) is 13.2 Å². The minimum absolute atomic E-state index is 0.0214. The van der Waals surface area contributed by atoms with E-state index < -0.39 is 0 Å². The highest BCUT2D eigenvalue weighted by atomic mass is 16.3. The summed E-state index contributed by atoms with van der Waals surface area (Å²) < 4.78 is 0. The molecular weight excluding hydrogens is 152 g/mol. The fourth-order valence-electron chi connectivity index (χ4n) is 0.336. The van der Waals surface area contributed by atoms with E-state index in [0.29, 0.717) is 0 Å². The van der Waals surface area contributed by atoms with Gasteiger partial charge in [-0.25, -0.2) is 0 Å². The molecule has 0 aromatic rings. The molecule has 0 aromatic carbocycles. The first-order valence-corrected chi connectivity index (χ1v) is 3.27. The molecule has 0 fully saturated rings. The molecule has 60 valence electrons. The van der Waals surface area contributed by atoms with E-state index in [1.807, 2.05) is 0 Å². The minimum Gasteiger partial charge on any atom is -0.392 e. The van der Waals surface area contributed by atoms with Gasteiger partial charge in [-0.15, -0.1) is 0 Å². The lowest BCUT2D eigenvalue weighted by molar-refractivity contribution is 0.343. The Morgan fingerprint density at radius 2 is 1.75 bits per heavy atom. The molecule has 12 heavy (non-hydrogen) atoms. The number of rotatable bonds is 1. The largest absolute Gasteiger partial charge is 0.392 e. The van der Waals surface area contributed by atoms with Gasteiger partial charge in [-0.3, -0.25) is 0 Å². The first-order chi connectivity index (χ1) is 5.91. The van der Waals surface area contributed by atoms with E-state index in [1.165, 1.54) is 12.2 Å². The van der Waals surface area contributed by atoms with E-state index in [0.717, 1.165) is 0 Å². The molecule has 0 bridgehead atoms. The van der Waals surface area contributed by atoms with Gasteiger partial charge in [-0.2, -0.15) is 0 Å². The monoisotopic (exact) mass is 160 g/mol. The number of aliphatic hydroxyl groups is 2. The zero-order valence-electron chi connectivity index (χ0n) is 6.46. The van der Waals surface area contributed by atoms with Crippen LogP contribution in [0, 0.1) is 35.5 Å². The van der Waals surface area contributed by atoms with Crippen molar-refractivity contribution >= 4 is 0 Å². The summed E-state index contributed by atoms with van der Waals surface area (Å²) in [5.41, 5.74) is 0. The molecule has 2 heteroatoms. The Kier molecular flexibility index (Phi) is 8.05. The van der Waals surface area contributed by atoms with Gasteiger partial charge in [0.2, 0.25) is 0 Å². The lowest BCUT2D eigenvalue weighted by Crippen LogP contribution is -1.68. The summed E-state index contributed by atoms with van der Waals surface area (Å²) in [5, 5.41) is 16.5. The molecule has 0 saturated carbocycles. The normalized spacial score (nSPS) is 7.17. The van der Waals surface area contributed by atoms with E-state index in [9.17, 15) is 0 Å². The second-order valence-electron chi connectivity index (χ2n) is 1.56. The standard InChI is InChI=1S/C10H8O2/c11-9-7-5-3-1-2-4-6-8-10-12/h5,7,11-12H,9-10H2/b7-5+. The van der Waals surface area contributed by atoms with Crippen LogP contribution in [0.2, 0.25) is 0 Å². The second-order valence-corrected chi connectivity index (χ2v) is 1.56. The molecule has 0 radical (unpaired) electrons. The number of aliphatic hydroxyl groups excluding tert-OH is 2. The first-order valence-electron chi connectivity index (χ1n) is 3.27. The van der Waals surface area contributed by atoms with Crippen molar-refractivity contribution in [1.29, 1.82) is 0 Å². The van der Waals surface area contributed by atoms with Gasteiger partial charge in [-0.1, -0.05) is 17.9 Å². The molecule has 2 nitrogen and oxygen atoms in total. The van der Waals surface area contributed by atoms with Crippen LogP contribution in [0.25, 0.3) is 0 Å². The summed E-state index contributed by atoms with van der Waals surface area (Å²) in [6.07, 6.45) is 3.02. The van der Waals surface area contributed by atoms with Crippen molar-refractivity contribution < 1.29 is 10.2 Å². The van der Waals surface area contributed by atoms with Crippen molar-refractivity contribution in [3.8, 4) is 35.5 Å². The lowest BCUT2D eigenvalue weighted by Gasteiger charge is -1.68. The maximum absolute atomic E-state index is 8.30. The van der Waals surface area contributed by atoms with E-state index in [2.05, 4.69) is 35.5 Å². The second kappa shape index (κ2) is 9.34. The highest BCUT2D eigenvalue weighted by Gasteiger charge is 1.60. The Hall–Kier alpha value is -1.66. The van der Waals surface area contributed by atoms with Gasteiger partial charge in [0.05, 0.1) is 6.61 Å². The van der Waals surface area contributed by atoms with Crippen LogP contribution < -0.4 is 0 Å². The molecule has 0 rings (SSSR count). The van der Waals surface area contributed by atoms with Crippen LogP contribution in [0.4, 0.5) is 0 Å². The maximum Gasteiger partial charge on any atom is 0.105 e. The van der Waals surface area contributed by atoms with Gasteiger partial charge >= 0.3 is 0 Å². The molecule has 0 unspecified atom stereocenters. The van der Waals surface area contributed by atoms with Crippen molar-refractivity contribution in [2.24, 2.45) is 0 Å². The smallest absolute Gasteiger partial charge is 0.105 e. The average Bonchev–Trinajstić information content (AvgIpc) is 2.10. The van der Waals surface area contributed by atoms with Gasteiger partial charge < -0.3 is 10.2 Å². The Morgan fingerprint density at radius 1 is 1.00 bits per heavy atom. The van der Waals surface area contributed by atoms with Gasteiger partial charge in [0, 0.05) is 0 Å². The molecular formula is C10H8O2. The van der Waals surface area contributed by atoms with Crippen LogP contribution in [0.5, 0.6) is 0 Å². The minimum atomic E-state index is -0.188. The van der Waals surface area contributed by atoms with Crippen LogP contribution >= 0.6 is 0 Å². The summed E-state index contributed by atoms with van der Waals surface area (Å²) in [7, 11) is 0. The van der Waals surface area contributed by atoms with Gasteiger partial charge in [0.1, 0.15) is 6.61 Å². The average molecular weight is 160 g/mol. The molecule has 0 atom stereocenters. The van der Waals surface area contributed by atoms with Gasteiger partial charge in [-0.05, 0) is 29.8 Å². The van der Waals surface area contributed by atoms with Crippen molar-refractivity contribution in [3.63, 3.8) is 0 Å². The molecule has 0 aliphatic heterocycles. The zero-order valence-corrected chi connectivity index (χ0v) is 6.46. The summed E-state index contributed by atoms with van der Waals surface area (Å²) in [6, 6.07) is 0. The highest BCUT2D eigenvalue weighted by molar-refractivity contribution is 5.37. The van der Waals surface area contributed by atoms with Crippen molar-refractivity contribution in [3.05, 3.63) is 12.2 Å². The molecule has 0 aliphatic carbocycles. The van der Waals surface area contributed by atoms with Crippen molar-refractivity contribution in [1.82, 2.24) is 0 Å². The number of hydrogen-bond acceptors (Lipinski definition) is 2.